The van der Waals surface area contributed by atoms with Crippen LogP contribution in [0.15, 0.2) is 41.3 Å². The number of halogens is 5. The second-order valence-corrected chi connectivity index (χ2v) is 5.97. The average molecular weight is 393 g/mol. The highest BCUT2D eigenvalue weighted by atomic mass is 35.5. The summed E-state index contributed by atoms with van der Waals surface area (Å²) in [5.41, 5.74) is -0.602. The minimum Gasteiger partial charge on any atom is -0.308 e. The van der Waals surface area contributed by atoms with E-state index in [1.165, 1.54) is 18.2 Å². The third kappa shape index (κ3) is 5.10. The highest BCUT2D eigenvalue weighted by molar-refractivity contribution is 7.99. The summed E-state index contributed by atoms with van der Waals surface area (Å²) in [5, 5.41) is 3.77. The number of hydrogen-bond donors (Lipinski definition) is 2. The van der Waals surface area contributed by atoms with Crippen LogP contribution >= 0.6 is 23.4 Å². The molecular weight excluding hydrogens is 384 g/mol. The van der Waals surface area contributed by atoms with Crippen LogP contribution in [0.3, 0.4) is 0 Å². The predicted molar refractivity (Wildman–Crippen MR) is 86.2 cm³/mol. The molecular formula is C15H9ClF4N2O2S. The Kier molecular flexibility index (Phi) is 6.27. The first kappa shape index (κ1) is 19.1. The molecule has 25 heavy (non-hydrogen) atoms. The van der Waals surface area contributed by atoms with Crippen molar-refractivity contribution in [1.29, 1.82) is 0 Å². The second kappa shape index (κ2) is 8.21. The van der Waals surface area contributed by atoms with Crippen molar-refractivity contribution in [3.05, 3.63) is 58.6 Å². The molecule has 3 amide bonds. The predicted octanol–water partition coefficient (Wildman–Crippen LogP) is 4.89. The van der Waals surface area contributed by atoms with Crippen molar-refractivity contribution in [1.82, 2.24) is 5.32 Å². The number of anilines is 1. The van der Waals surface area contributed by atoms with Gasteiger partial charge in [0.15, 0.2) is 0 Å². The Morgan fingerprint density at radius 1 is 1.08 bits per heavy atom. The third-order valence-corrected chi connectivity index (χ3v) is 3.90. The van der Waals surface area contributed by atoms with Crippen molar-refractivity contribution in [2.75, 3.05) is 5.32 Å². The van der Waals surface area contributed by atoms with E-state index in [1.54, 1.807) is 0 Å². The van der Waals surface area contributed by atoms with E-state index in [-0.39, 0.29) is 27.4 Å². The molecule has 0 saturated carbocycles. The fourth-order valence-electron chi connectivity index (χ4n) is 1.81. The number of carbonyl (C=O) groups excluding carboxylic acids is 2. The van der Waals surface area contributed by atoms with E-state index >= 15 is 0 Å². The number of urea groups is 1. The first-order chi connectivity index (χ1) is 11.8. The summed E-state index contributed by atoms with van der Waals surface area (Å²) in [4.78, 5) is 23.3. The van der Waals surface area contributed by atoms with Gasteiger partial charge in [0.05, 0.1) is 10.6 Å². The molecule has 0 unspecified atom stereocenters. The van der Waals surface area contributed by atoms with Crippen LogP contribution < -0.4 is 10.6 Å². The number of hydrogen-bond acceptors (Lipinski definition) is 3. The molecule has 2 aromatic carbocycles. The highest BCUT2D eigenvalue weighted by Crippen LogP contribution is 2.29. The van der Waals surface area contributed by atoms with Crippen molar-refractivity contribution < 1.29 is 27.2 Å². The summed E-state index contributed by atoms with van der Waals surface area (Å²) in [6.45, 7) is 0. The number of alkyl halides is 2. The molecule has 2 N–H and O–H groups in total. The van der Waals surface area contributed by atoms with Gasteiger partial charge in [-0.2, -0.15) is 8.78 Å². The van der Waals surface area contributed by atoms with E-state index < -0.39 is 34.9 Å². The molecule has 0 atom stereocenters. The van der Waals surface area contributed by atoms with E-state index in [9.17, 15) is 27.2 Å². The SMILES string of the molecule is O=C(NC(=O)c1c(F)cccc1Cl)Nc1ccc(SC(F)F)c(F)c1. The zero-order valence-electron chi connectivity index (χ0n) is 12.2. The second-order valence-electron chi connectivity index (χ2n) is 4.53. The molecule has 2 aromatic rings. The topological polar surface area (TPSA) is 58.2 Å². The molecule has 0 saturated heterocycles. The van der Waals surface area contributed by atoms with Gasteiger partial charge in [0.25, 0.3) is 11.7 Å². The standard InChI is InChI=1S/C15H9ClF4N2O2S/c16-8-2-1-3-9(17)12(8)13(23)22-15(24)21-7-4-5-11(10(18)6-7)25-14(19)20/h1-6,14H,(H2,21,22,23,24). The molecule has 0 aliphatic carbocycles. The van der Waals surface area contributed by atoms with Crippen LogP contribution in [0.4, 0.5) is 28.0 Å². The fraction of sp³-hybridized carbons (Fsp3) is 0.0667. The quantitative estimate of drug-likeness (QED) is 0.575. The number of thioether (sulfide) groups is 1. The number of rotatable bonds is 4. The van der Waals surface area contributed by atoms with Crippen LogP contribution in [0, 0.1) is 11.6 Å². The minimum atomic E-state index is -2.79. The van der Waals surface area contributed by atoms with E-state index in [0.717, 1.165) is 18.2 Å². The van der Waals surface area contributed by atoms with Gasteiger partial charge >= 0.3 is 6.03 Å². The van der Waals surface area contributed by atoms with Crippen LogP contribution in [-0.2, 0) is 0 Å². The van der Waals surface area contributed by atoms with Crippen molar-refractivity contribution in [2.45, 2.75) is 10.7 Å². The Hall–Kier alpha value is -2.26. The van der Waals surface area contributed by atoms with Gasteiger partial charge in [0.1, 0.15) is 11.6 Å². The average Bonchev–Trinajstić information content (AvgIpc) is 2.49. The van der Waals surface area contributed by atoms with Crippen molar-refractivity contribution in [2.24, 2.45) is 0 Å². The normalized spacial score (nSPS) is 10.6. The number of amides is 3. The van der Waals surface area contributed by atoms with Gasteiger partial charge in [-0.05, 0) is 30.3 Å². The minimum absolute atomic E-state index is 0.0167. The van der Waals surface area contributed by atoms with Gasteiger partial charge in [-0.1, -0.05) is 29.4 Å². The van der Waals surface area contributed by atoms with E-state index in [2.05, 4.69) is 5.32 Å². The Morgan fingerprint density at radius 3 is 2.40 bits per heavy atom. The van der Waals surface area contributed by atoms with Crippen molar-refractivity contribution >= 4 is 41.0 Å². The molecule has 0 aliphatic rings. The van der Waals surface area contributed by atoms with Gasteiger partial charge in [0, 0.05) is 10.6 Å². The van der Waals surface area contributed by atoms with Crippen LogP contribution in [0.5, 0.6) is 0 Å². The molecule has 10 heteroatoms. The highest BCUT2D eigenvalue weighted by Gasteiger charge is 2.18. The number of benzene rings is 2. The van der Waals surface area contributed by atoms with E-state index in [4.69, 9.17) is 11.6 Å². The number of carbonyl (C=O) groups is 2. The van der Waals surface area contributed by atoms with Crippen molar-refractivity contribution in [3.63, 3.8) is 0 Å². The zero-order chi connectivity index (χ0) is 18.6. The lowest BCUT2D eigenvalue weighted by molar-refractivity contribution is 0.0963. The molecule has 0 fully saturated rings. The zero-order valence-corrected chi connectivity index (χ0v) is 13.7. The van der Waals surface area contributed by atoms with Crippen LogP contribution in [0.1, 0.15) is 10.4 Å². The fourth-order valence-corrected chi connectivity index (χ4v) is 2.57. The lowest BCUT2D eigenvalue weighted by Gasteiger charge is -2.09. The summed E-state index contributed by atoms with van der Waals surface area (Å²) in [5.74, 6) is -5.77. The van der Waals surface area contributed by atoms with Crippen molar-refractivity contribution in [3.8, 4) is 0 Å². The monoisotopic (exact) mass is 392 g/mol. The Bertz CT molecular complexity index is 800. The van der Waals surface area contributed by atoms with Crippen LogP contribution in [0.25, 0.3) is 0 Å². The van der Waals surface area contributed by atoms with E-state index in [1.807, 2.05) is 5.32 Å². The summed E-state index contributed by atoms with van der Waals surface area (Å²) >= 11 is 5.72. The number of nitrogens with one attached hydrogen (secondary N) is 2. The van der Waals surface area contributed by atoms with Gasteiger partial charge in [-0.3, -0.25) is 10.1 Å². The summed E-state index contributed by atoms with van der Waals surface area (Å²) in [6.07, 6.45) is 0. The van der Waals surface area contributed by atoms with Crippen LogP contribution in [0.2, 0.25) is 5.02 Å². The van der Waals surface area contributed by atoms with Gasteiger partial charge < -0.3 is 5.32 Å². The molecule has 0 bridgehead atoms. The van der Waals surface area contributed by atoms with Crippen LogP contribution in [-0.4, -0.2) is 17.7 Å². The summed E-state index contributed by atoms with van der Waals surface area (Å²) in [7, 11) is 0. The largest absolute Gasteiger partial charge is 0.326 e. The molecule has 2 rings (SSSR count). The maximum absolute atomic E-state index is 13.6. The Labute approximate surface area is 148 Å². The van der Waals surface area contributed by atoms with Gasteiger partial charge in [-0.15, -0.1) is 0 Å². The lowest BCUT2D eigenvalue weighted by atomic mass is 10.2. The van der Waals surface area contributed by atoms with Gasteiger partial charge in [-0.25, -0.2) is 13.6 Å². The molecule has 4 nitrogen and oxygen atoms in total. The molecule has 0 aliphatic heterocycles. The molecule has 0 heterocycles. The molecule has 0 aromatic heterocycles. The smallest absolute Gasteiger partial charge is 0.308 e. The molecule has 132 valence electrons. The molecule has 0 spiro atoms. The van der Waals surface area contributed by atoms with Gasteiger partial charge in [0.2, 0.25) is 0 Å². The first-order valence-corrected chi connectivity index (χ1v) is 7.84. The molecule has 0 radical (unpaired) electrons. The lowest BCUT2D eigenvalue weighted by Crippen LogP contribution is -2.35. The third-order valence-electron chi connectivity index (χ3n) is 2.82. The number of imide groups is 1. The first-order valence-electron chi connectivity index (χ1n) is 6.58. The maximum Gasteiger partial charge on any atom is 0.326 e. The Morgan fingerprint density at radius 2 is 1.80 bits per heavy atom. The maximum atomic E-state index is 13.6. The Balaban J connectivity index is 2.05. The van der Waals surface area contributed by atoms with E-state index in [0.29, 0.717) is 0 Å². The summed E-state index contributed by atoms with van der Waals surface area (Å²) in [6, 6.07) is 5.52. The summed E-state index contributed by atoms with van der Waals surface area (Å²) < 4.78 is 51.7.